The van der Waals surface area contributed by atoms with Crippen molar-refractivity contribution < 1.29 is 4.79 Å². The summed E-state index contributed by atoms with van der Waals surface area (Å²) in [6, 6.07) is 10.7. The number of amides is 1. The van der Waals surface area contributed by atoms with Crippen LogP contribution < -0.4 is 0 Å². The standard InChI is InChI=1S/C21H29N5O/c1-17(27)25-12-6-10-19(15-25)21-23-22-20-16-24(13-14-26(20)21)11-5-9-18-7-3-2-4-8-18/h2-4,7-8,19H,5-6,9-16H2,1H3/t19-/m1/s1. The number of aromatic nitrogens is 3. The van der Waals surface area contributed by atoms with Crippen molar-refractivity contribution in [2.24, 2.45) is 0 Å². The average molecular weight is 367 g/mol. The largest absolute Gasteiger partial charge is 0.342 e. The van der Waals surface area contributed by atoms with Crippen LogP contribution in [0.2, 0.25) is 0 Å². The third-order valence-electron chi connectivity index (χ3n) is 5.88. The van der Waals surface area contributed by atoms with Crippen molar-refractivity contribution in [3.8, 4) is 0 Å². The van der Waals surface area contributed by atoms with E-state index in [2.05, 4.69) is 50.0 Å². The summed E-state index contributed by atoms with van der Waals surface area (Å²) in [5.41, 5.74) is 1.41. The Morgan fingerprint density at radius 2 is 2.00 bits per heavy atom. The van der Waals surface area contributed by atoms with Crippen LogP contribution in [0.3, 0.4) is 0 Å². The van der Waals surface area contributed by atoms with Gasteiger partial charge in [-0.15, -0.1) is 10.2 Å². The minimum Gasteiger partial charge on any atom is -0.342 e. The molecule has 0 N–H and O–H groups in total. The highest BCUT2D eigenvalue weighted by Crippen LogP contribution is 2.27. The number of hydrogen-bond acceptors (Lipinski definition) is 4. The van der Waals surface area contributed by atoms with Crippen LogP contribution in [0.5, 0.6) is 0 Å². The predicted octanol–water partition coefficient (Wildman–Crippen LogP) is 2.45. The van der Waals surface area contributed by atoms with Gasteiger partial charge in [-0.3, -0.25) is 9.69 Å². The smallest absolute Gasteiger partial charge is 0.219 e. The third-order valence-corrected chi connectivity index (χ3v) is 5.88. The van der Waals surface area contributed by atoms with E-state index in [1.807, 2.05) is 4.90 Å². The first-order chi connectivity index (χ1) is 13.2. The second kappa shape index (κ2) is 8.21. The van der Waals surface area contributed by atoms with Crippen LogP contribution in [0, 0.1) is 0 Å². The molecule has 1 aromatic heterocycles. The molecule has 1 aromatic carbocycles. The number of rotatable bonds is 5. The van der Waals surface area contributed by atoms with E-state index >= 15 is 0 Å². The lowest BCUT2D eigenvalue weighted by Gasteiger charge is -2.33. The number of hydrogen-bond donors (Lipinski definition) is 0. The molecule has 27 heavy (non-hydrogen) atoms. The first kappa shape index (κ1) is 18.2. The Bertz CT molecular complexity index is 772. The normalized spacial score (nSPS) is 20.5. The molecule has 1 atom stereocenters. The van der Waals surface area contributed by atoms with Crippen molar-refractivity contribution in [1.29, 1.82) is 0 Å². The molecular formula is C21H29N5O. The molecule has 3 heterocycles. The Morgan fingerprint density at radius 1 is 1.15 bits per heavy atom. The maximum absolute atomic E-state index is 11.7. The Labute approximate surface area is 161 Å². The summed E-state index contributed by atoms with van der Waals surface area (Å²) in [4.78, 5) is 16.2. The fourth-order valence-corrected chi connectivity index (χ4v) is 4.35. The van der Waals surface area contributed by atoms with Gasteiger partial charge in [-0.05, 0) is 37.8 Å². The Kier molecular flexibility index (Phi) is 5.53. The van der Waals surface area contributed by atoms with E-state index in [4.69, 9.17) is 0 Å². The van der Waals surface area contributed by atoms with E-state index < -0.39 is 0 Å². The lowest BCUT2D eigenvalue weighted by molar-refractivity contribution is -0.130. The van der Waals surface area contributed by atoms with Crippen LogP contribution in [0.4, 0.5) is 0 Å². The summed E-state index contributed by atoms with van der Waals surface area (Å²) >= 11 is 0. The van der Waals surface area contributed by atoms with Crippen molar-refractivity contribution in [1.82, 2.24) is 24.6 Å². The fraction of sp³-hybridized carbons (Fsp3) is 0.571. The van der Waals surface area contributed by atoms with E-state index in [0.717, 1.165) is 70.2 Å². The number of piperidine rings is 1. The van der Waals surface area contributed by atoms with E-state index in [1.54, 1.807) is 6.92 Å². The molecule has 1 fully saturated rings. The van der Waals surface area contributed by atoms with Crippen LogP contribution in [0.25, 0.3) is 0 Å². The number of likely N-dealkylation sites (tertiary alicyclic amines) is 1. The maximum Gasteiger partial charge on any atom is 0.219 e. The lowest BCUT2D eigenvalue weighted by atomic mass is 9.97. The number of carbonyl (C=O) groups is 1. The van der Waals surface area contributed by atoms with Crippen LogP contribution in [0.1, 0.15) is 49.3 Å². The molecule has 6 heteroatoms. The SMILES string of the molecule is CC(=O)N1CCC[C@@H](c2nnc3n2CCN(CCCc2ccccc2)C3)C1. The van der Waals surface area contributed by atoms with Crippen molar-refractivity contribution in [2.75, 3.05) is 26.2 Å². The number of nitrogens with zero attached hydrogens (tertiary/aromatic N) is 5. The van der Waals surface area contributed by atoms with E-state index in [1.165, 1.54) is 12.0 Å². The number of benzene rings is 1. The van der Waals surface area contributed by atoms with Crippen molar-refractivity contribution in [3.05, 3.63) is 47.5 Å². The van der Waals surface area contributed by atoms with Gasteiger partial charge in [0.05, 0.1) is 6.54 Å². The van der Waals surface area contributed by atoms with Gasteiger partial charge >= 0.3 is 0 Å². The van der Waals surface area contributed by atoms with Gasteiger partial charge in [0, 0.05) is 39.0 Å². The van der Waals surface area contributed by atoms with Crippen LogP contribution in [0.15, 0.2) is 30.3 Å². The summed E-state index contributed by atoms with van der Waals surface area (Å²) < 4.78 is 2.31. The Balaban J connectivity index is 1.34. The third kappa shape index (κ3) is 4.21. The summed E-state index contributed by atoms with van der Waals surface area (Å²) in [5.74, 6) is 2.66. The highest BCUT2D eigenvalue weighted by Gasteiger charge is 2.29. The van der Waals surface area contributed by atoms with Gasteiger partial charge in [0.25, 0.3) is 0 Å². The maximum atomic E-state index is 11.7. The number of fused-ring (bicyclic) bond motifs is 1. The lowest BCUT2D eigenvalue weighted by Crippen LogP contribution is -2.39. The van der Waals surface area contributed by atoms with Gasteiger partial charge in [0.2, 0.25) is 5.91 Å². The molecule has 2 aromatic rings. The minimum absolute atomic E-state index is 0.169. The predicted molar refractivity (Wildman–Crippen MR) is 104 cm³/mol. The van der Waals surface area contributed by atoms with Crippen molar-refractivity contribution in [2.45, 2.75) is 51.6 Å². The molecule has 0 bridgehead atoms. The molecule has 2 aliphatic rings. The van der Waals surface area contributed by atoms with Crippen molar-refractivity contribution >= 4 is 5.91 Å². The first-order valence-corrected chi connectivity index (χ1v) is 10.1. The molecule has 1 saturated heterocycles. The van der Waals surface area contributed by atoms with Crippen molar-refractivity contribution in [3.63, 3.8) is 0 Å². The molecule has 2 aliphatic heterocycles. The highest BCUT2D eigenvalue weighted by atomic mass is 16.2. The van der Waals surface area contributed by atoms with E-state index in [9.17, 15) is 4.79 Å². The molecule has 0 unspecified atom stereocenters. The van der Waals surface area contributed by atoms with Crippen LogP contribution in [-0.2, 0) is 24.3 Å². The molecule has 1 amide bonds. The monoisotopic (exact) mass is 367 g/mol. The summed E-state index contributed by atoms with van der Waals surface area (Å²) in [6.45, 7) is 7.31. The molecule has 6 nitrogen and oxygen atoms in total. The summed E-state index contributed by atoms with van der Waals surface area (Å²) in [5, 5.41) is 9.01. The minimum atomic E-state index is 0.169. The molecular weight excluding hydrogens is 338 g/mol. The van der Waals surface area contributed by atoms with E-state index in [0.29, 0.717) is 5.92 Å². The van der Waals surface area contributed by atoms with Gasteiger partial charge in [0.15, 0.2) is 0 Å². The van der Waals surface area contributed by atoms with Gasteiger partial charge < -0.3 is 9.47 Å². The van der Waals surface area contributed by atoms with Gasteiger partial charge in [-0.2, -0.15) is 0 Å². The molecule has 0 spiro atoms. The Hall–Kier alpha value is -2.21. The summed E-state index contributed by atoms with van der Waals surface area (Å²) in [7, 11) is 0. The van der Waals surface area contributed by atoms with Gasteiger partial charge in [0.1, 0.15) is 11.6 Å². The zero-order chi connectivity index (χ0) is 18.6. The molecule has 0 aliphatic carbocycles. The zero-order valence-corrected chi connectivity index (χ0v) is 16.2. The summed E-state index contributed by atoms with van der Waals surface area (Å²) in [6.07, 6.45) is 4.44. The zero-order valence-electron chi connectivity index (χ0n) is 16.2. The molecule has 0 radical (unpaired) electrons. The fourth-order valence-electron chi connectivity index (χ4n) is 4.35. The Morgan fingerprint density at radius 3 is 2.81 bits per heavy atom. The average Bonchev–Trinajstić information content (AvgIpc) is 3.12. The van der Waals surface area contributed by atoms with Crippen LogP contribution in [-0.4, -0.2) is 56.7 Å². The first-order valence-electron chi connectivity index (χ1n) is 10.1. The number of aryl methyl sites for hydroxylation is 1. The van der Waals surface area contributed by atoms with Crippen LogP contribution >= 0.6 is 0 Å². The second-order valence-electron chi connectivity index (χ2n) is 7.80. The number of carbonyl (C=O) groups excluding carboxylic acids is 1. The quantitative estimate of drug-likeness (QED) is 0.815. The molecule has 4 rings (SSSR count). The van der Waals surface area contributed by atoms with Gasteiger partial charge in [-0.1, -0.05) is 30.3 Å². The van der Waals surface area contributed by atoms with Gasteiger partial charge in [-0.25, -0.2) is 0 Å². The molecule has 0 saturated carbocycles. The topological polar surface area (TPSA) is 54.3 Å². The van der Waals surface area contributed by atoms with E-state index in [-0.39, 0.29) is 5.91 Å². The highest BCUT2D eigenvalue weighted by molar-refractivity contribution is 5.73. The second-order valence-corrected chi connectivity index (χ2v) is 7.80. The molecule has 144 valence electrons.